The van der Waals surface area contributed by atoms with Crippen LogP contribution in [0.3, 0.4) is 0 Å². The van der Waals surface area contributed by atoms with E-state index in [0.717, 1.165) is 29.9 Å². The first-order chi connectivity index (χ1) is 9.28. The summed E-state index contributed by atoms with van der Waals surface area (Å²) in [6.07, 6.45) is 3.50. The van der Waals surface area contributed by atoms with Gasteiger partial charge in [0, 0.05) is 11.3 Å². The van der Waals surface area contributed by atoms with E-state index in [0.29, 0.717) is 6.04 Å². The zero-order chi connectivity index (χ0) is 13.2. The van der Waals surface area contributed by atoms with E-state index in [-0.39, 0.29) is 5.91 Å². The summed E-state index contributed by atoms with van der Waals surface area (Å²) in [6.45, 7) is 3.41. The van der Waals surface area contributed by atoms with Crippen molar-refractivity contribution in [2.24, 2.45) is 0 Å². The van der Waals surface area contributed by atoms with Crippen LogP contribution in [0.15, 0.2) is 36.9 Å². The van der Waals surface area contributed by atoms with Crippen molar-refractivity contribution < 1.29 is 4.79 Å². The molecule has 6 nitrogen and oxygen atoms in total. The predicted octanol–water partition coefficient (Wildman–Crippen LogP) is 1.80. The van der Waals surface area contributed by atoms with Gasteiger partial charge in [0.15, 0.2) is 5.82 Å². The van der Waals surface area contributed by atoms with E-state index in [9.17, 15) is 4.79 Å². The van der Waals surface area contributed by atoms with Gasteiger partial charge in [-0.1, -0.05) is 6.58 Å². The fourth-order valence-corrected chi connectivity index (χ4v) is 1.84. The van der Waals surface area contributed by atoms with Crippen molar-refractivity contribution in [2.45, 2.75) is 18.9 Å². The van der Waals surface area contributed by atoms with Gasteiger partial charge in [-0.05, 0) is 53.6 Å². The highest BCUT2D eigenvalue weighted by Gasteiger charge is 2.28. The van der Waals surface area contributed by atoms with Crippen molar-refractivity contribution in [1.82, 2.24) is 20.2 Å². The number of aromatic nitrogens is 4. The number of hydrogen-bond acceptors (Lipinski definition) is 4. The van der Waals surface area contributed by atoms with Gasteiger partial charge in [-0.3, -0.25) is 4.79 Å². The summed E-state index contributed by atoms with van der Waals surface area (Å²) >= 11 is 0. The molecule has 0 atom stereocenters. The van der Waals surface area contributed by atoms with Crippen LogP contribution in [0, 0.1) is 0 Å². The molecule has 1 amide bonds. The maximum atomic E-state index is 11.2. The van der Waals surface area contributed by atoms with E-state index in [1.54, 1.807) is 0 Å². The van der Waals surface area contributed by atoms with E-state index in [1.165, 1.54) is 6.08 Å². The van der Waals surface area contributed by atoms with Crippen molar-refractivity contribution in [1.29, 1.82) is 0 Å². The third-order valence-electron chi connectivity index (χ3n) is 2.98. The Morgan fingerprint density at radius 3 is 2.74 bits per heavy atom. The number of amides is 1. The van der Waals surface area contributed by atoms with E-state index >= 15 is 0 Å². The van der Waals surface area contributed by atoms with Gasteiger partial charge in [0.25, 0.3) is 0 Å². The van der Waals surface area contributed by atoms with Gasteiger partial charge < -0.3 is 5.32 Å². The molecule has 0 bridgehead atoms. The van der Waals surface area contributed by atoms with Crippen LogP contribution in [0.25, 0.3) is 11.4 Å². The van der Waals surface area contributed by atoms with Gasteiger partial charge in [0.2, 0.25) is 5.91 Å². The lowest BCUT2D eigenvalue weighted by Crippen LogP contribution is -2.07. The summed E-state index contributed by atoms with van der Waals surface area (Å²) in [7, 11) is 0. The number of nitrogens with one attached hydrogen (secondary N) is 1. The average Bonchev–Trinajstić information content (AvgIpc) is 3.17. The standard InChI is InChI=1S/C13H13N5O/c1-2-12(19)14-10-5-3-9(4-6-10)13-15-16-17-18(13)11-7-8-11/h2-6,11H,1,7-8H2,(H,14,19). The van der Waals surface area contributed by atoms with Crippen LogP contribution in [-0.4, -0.2) is 26.1 Å². The smallest absolute Gasteiger partial charge is 0.247 e. The summed E-state index contributed by atoms with van der Waals surface area (Å²) in [5, 5.41) is 14.5. The Labute approximate surface area is 110 Å². The summed E-state index contributed by atoms with van der Waals surface area (Å²) in [6, 6.07) is 7.86. The first kappa shape index (κ1) is 11.6. The topological polar surface area (TPSA) is 72.7 Å². The molecule has 0 saturated heterocycles. The van der Waals surface area contributed by atoms with Crippen LogP contribution in [0.1, 0.15) is 18.9 Å². The number of carbonyl (C=O) groups is 1. The second kappa shape index (κ2) is 4.64. The maximum Gasteiger partial charge on any atom is 0.247 e. The zero-order valence-electron chi connectivity index (χ0n) is 10.3. The SMILES string of the molecule is C=CC(=O)Nc1ccc(-c2nnnn2C2CC2)cc1. The number of anilines is 1. The summed E-state index contributed by atoms with van der Waals surface area (Å²) in [4.78, 5) is 11.2. The number of benzene rings is 1. The van der Waals surface area contributed by atoms with E-state index < -0.39 is 0 Å². The number of rotatable bonds is 4. The Kier molecular flexibility index (Phi) is 2.83. The fraction of sp³-hybridized carbons (Fsp3) is 0.231. The average molecular weight is 255 g/mol. The minimum Gasteiger partial charge on any atom is -0.323 e. The highest BCUT2D eigenvalue weighted by atomic mass is 16.1. The summed E-state index contributed by atoms with van der Waals surface area (Å²) in [5.74, 6) is 0.541. The molecule has 1 heterocycles. The molecule has 0 spiro atoms. The molecule has 1 aromatic carbocycles. The van der Waals surface area contributed by atoms with Crippen molar-refractivity contribution in [3.63, 3.8) is 0 Å². The van der Waals surface area contributed by atoms with Gasteiger partial charge >= 0.3 is 0 Å². The monoisotopic (exact) mass is 255 g/mol. The minimum atomic E-state index is -0.226. The minimum absolute atomic E-state index is 0.226. The van der Waals surface area contributed by atoms with Crippen molar-refractivity contribution >= 4 is 11.6 Å². The number of tetrazole rings is 1. The fourth-order valence-electron chi connectivity index (χ4n) is 1.84. The lowest BCUT2D eigenvalue weighted by molar-refractivity contribution is -0.111. The van der Waals surface area contributed by atoms with E-state index in [4.69, 9.17) is 0 Å². The number of nitrogens with zero attached hydrogens (tertiary/aromatic N) is 4. The molecule has 1 fully saturated rings. The molecule has 1 aromatic heterocycles. The normalized spacial score (nSPS) is 14.1. The molecule has 19 heavy (non-hydrogen) atoms. The molecular weight excluding hydrogens is 242 g/mol. The van der Waals surface area contributed by atoms with Gasteiger partial charge in [-0.2, -0.15) is 0 Å². The van der Waals surface area contributed by atoms with Crippen molar-refractivity contribution in [2.75, 3.05) is 5.32 Å². The molecular formula is C13H13N5O. The predicted molar refractivity (Wildman–Crippen MR) is 70.4 cm³/mol. The number of carbonyl (C=O) groups excluding carboxylic acids is 1. The highest BCUT2D eigenvalue weighted by molar-refractivity contribution is 5.98. The number of hydrogen-bond donors (Lipinski definition) is 1. The molecule has 2 aromatic rings. The Hall–Kier alpha value is -2.50. The van der Waals surface area contributed by atoms with Gasteiger partial charge in [-0.15, -0.1) is 5.10 Å². The Morgan fingerprint density at radius 1 is 1.37 bits per heavy atom. The van der Waals surface area contributed by atoms with E-state index in [1.807, 2.05) is 28.9 Å². The van der Waals surface area contributed by atoms with Crippen molar-refractivity contribution in [3.05, 3.63) is 36.9 Å². The zero-order valence-corrected chi connectivity index (χ0v) is 10.3. The van der Waals surface area contributed by atoms with Crippen LogP contribution in [0.4, 0.5) is 5.69 Å². The lowest BCUT2D eigenvalue weighted by atomic mass is 10.2. The molecule has 1 saturated carbocycles. The third kappa shape index (κ3) is 2.37. The molecule has 1 N–H and O–H groups in total. The first-order valence-electron chi connectivity index (χ1n) is 6.09. The Balaban J connectivity index is 1.83. The third-order valence-corrected chi connectivity index (χ3v) is 2.98. The van der Waals surface area contributed by atoms with Crippen LogP contribution >= 0.6 is 0 Å². The Morgan fingerprint density at radius 2 is 2.11 bits per heavy atom. The van der Waals surface area contributed by atoms with Crippen LogP contribution < -0.4 is 5.32 Å². The first-order valence-corrected chi connectivity index (χ1v) is 6.09. The van der Waals surface area contributed by atoms with Crippen molar-refractivity contribution in [3.8, 4) is 11.4 Å². The summed E-state index contributed by atoms with van der Waals surface area (Å²) < 4.78 is 1.86. The second-order valence-electron chi connectivity index (χ2n) is 4.45. The van der Waals surface area contributed by atoms with Gasteiger partial charge in [0.05, 0.1) is 6.04 Å². The molecule has 0 aliphatic heterocycles. The molecule has 0 unspecified atom stereocenters. The Bertz CT molecular complexity index is 612. The molecule has 1 aliphatic carbocycles. The van der Waals surface area contributed by atoms with Crippen LogP contribution in [0.5, 0.6) is 0 Å². The molecule has 3 rings (SSSR count). The largest absolute Gasteiger partial charge is 0.323 e. The lowest BCUT2D eigenvalue weighted by Gasteiger charge is -2.05. The quantitative estimate of drug-likeness (QED) is 0.845. The maximum absolute atomic E-state index is 11.2. The van der Waals surface area contributed by atoms with Crippen LogP contribution in [0.2, 0.25) is 0 Å². The molecule has 6 heteroatoms. The molecule has 96 valence electrons. The van der Waals surface area contributed by atoms with E-state index in [2.05, 4.69) is 27.4 Å². The van der Waals surface area contributed by atoms with Gasteiger partial charge in [-0.25, -0.2) is 4.68 Å². The second-order valence-corrected chi connectivity index (χ2v) is 4.45. The highest BCUT2D eigenvalue weighted by Crippen LogP contribution is 2.36. The molecule has 1 aliphatic rings. The van der Waals surface area contributed by atoms with Gasteiger partial charge in [0.1, 0.15) is 0 Å². The summed E-state index contributed by atoms with van der Waals surface area (Å²) in [5.41, 5.74) is 1.66. The molecule has 0 radical (unpaired) electrons. The van der Waals surface area contributed by atoms with Crippen LogP contribution in [-0.2, 0) is 4.79 Å².